The first-order chi connectivity index (χ1) is 11.7. The Labute approximate surface area is 141 Å². The molecule has 4 nitrogen and oxygen atoms in total. The van der Waals surface area contributed by atoms with Crippen LogP contribution in [0.2, 0.25) is 0 Å². The molecule has 0 spiro atoms. The molecule has 0 bridgehead atoms. The molecule has 1 unspecified atom stereocenters. The molecule has 1 aromatic heterocycles. The van der Waals surface area contributed by atoms with Crippen molar-refractivity contribution in [1.82, 2.24) is 15.2 Å². The first kappa shape index (κ1) is 16.6. The van der Waals surface area contributed by atoms with Crippen LogP contribution in [0.1, 0.15) is 30.4 Å². The Kier molecular flexibility index (Phi) is 5.54. The normalized spacial score (nSPS) is 17.5. The molecule has 126 valence electrons. The van der Waals surface area contributed by atoms with Gasteiger partial charge in [-0.2, -0.15) is 0 Å². The second-order valence-electron chi connectivity index (χ2n) is 6.16. The van der Waals surface area contributed by atoms with E-state index < -0.39 is 0 Å². The predicted octanol–water partition coefficient (Wildman–Crippen LogP) is 2.89. The number of carbonyl (C=O) groups excluding carboxylic acids is 1. The highest BCUT2D eigenvalue weighted by Crippen LogP contribution is 2.23. The third-order valence-corrected chi connectivity index (χ3v) is 4.43. The molecule has 1 saturated heterocycles. The minimum absolute atomic E-state index is 0.165. The quantitative estimate of drug-likeness (QED) is 0.795. The molecule has 0 aliphatic carbocycles. The maximum absolute atomic E-state index is 13.3. The van der Waals surface area contributed by atoms with Crippen LogP contribution in [0, 0.1) is 5.82 Å². The molecule has 3 rings (SSSR count). The number of amides is 1. The van der Waals surface area contributed by atoms with Crippen molar-refractivity contribution in [2.24, 2.45) is 0 Å². The second kappa shape index (κ2) is 8.02. The van der Waals surface area contributed by atoms with Crippen LogP contribution in [0.25, 0.3) is 0 Å². The smallest absolute Gasteiger partial charge is 0.223 e. The zero-order valence-corrected chi connectivity index (χ0v) is 13.6. The van der Waals surface area contributed by atoms with E-state index in [2.05, 4.69) is 10.3 Å². The fraction of sp³-hybridized carbons (Fsp3) is 0.368. The van der Waals surface area contributed by atoms with Crippen LogP contribution in [-0.4, -0.2) is 28.4 Å². The van der Waals surface area contributed by atoms with Crippen LogP contribution < -0.4 is 5.32 Å². The van der Waals surface area contributed by atoms with Crippen LogP contribution in [0.4, 0.5) is 4.39 Å². The number of likely N-dealkylation sites (tertiary alicyclic amines) is 1. The van der Waals surface area contributed by atoms with Gasteiger partial charge in [-0.05, 0) is 54.8 Å². The van der Waals surface area contributed by atoms with Gasteiger partial charge in [-0.25, -0.2) is 4.39 Å². The van der Waals surface area contributed by atoms with Crippen molar-refractivity contribution in [1.29, 1.82) is 0 Å². The Morgan fingerprint density at radius 3 is 2.83 bits per heavy atom. The highest BCUT2D eigenvalue weighted by atomic mass is 19.1. The highest BCUT2D eigenvalue weighted by molar-refractivity contribution is 5.78. The van der Waals surface area contributed by atoms with Crippen molar-refractivity contribution < 1.29 is 9.18 Å². The van der Waals surface area contributed by atoms with Gasteiger partial charge in [0.05, 0.1) is 0 Å². The number of pyridine rings is 1. The molecule has 24 heavy (non-hydrogen) atoms. The molecule has 1 atom stereocenters. The van der Waals surface area contributed by atoms with Crippen LogP contribution in [-0.2, 0) is 17.9 Å². The van der Waals surface area contributed by atoms with Crippen molar-refractivity contribution in [3.63, 3.8) is 0 Å². The summed E-state index contributed by atoms with van der Waals surface area (Å²) >= 11 is 0. The summed E-state index contributed by atoms with van der Waals surface area (Å²) in [4.78, 5) is 18.0. The number of hydrogen-bond donors (Lipinski definition) is 1. The van der Waals surface area contributed by atoms with Gasteiger partial charge in [0.25, 0.3) is 0 Å². The first-order valence-corrected chi connectivity index (χ1v) is 8.36. The molecule has 1 aromatic carbocycles. The molecule has 1 aliphatic rings. The third kappa shape index (κ3) is 4.38. The number of carbonyl (C=O) groups is 1. The Morgan fingerprint density at radius 1 is 1.21 bits per heavy atom. The Balaban J connectivity index is 1.50. The SMILES string of the molecule is O=C1CCC(CCNCc2ccncc2)N1Cc1cccc(F)c1. The van der Waals surface area contributed by atoms with E-state index in [1.54, 1.807) is 18.5 Å². The molecule has 1 N–H and O–H groups in total. The van der Waals surface area contributed by atoms with Gasteiger partial charge in [0.2, 0.25) is 5.91 Å². The summed E-state index contributed by atoms with van der Waals surface area (Å²) in [6.07, 6.45) is 5.95. The summed E-state index contributed by atoms with van der Waals surface area (Å²) in [5.74, 6) is -0.0897. The van der Waals surface area contributed by atoms with E-state index in [-0.39, 0.29) is 17.8 Å². The molecular formula is C19H22FN3O. The number of nitrogens with one attached hydrogen (secondary N) is 1. The minimum Gasteiger partial charge on any atom is -0.335 e. The van der Waals surface area contributed by atoms with E-state index in [9.17, 15) is 9.18 Å². The van der Waals surface area contributed by atoms with E-state index in [4.69, 9.17) is 0 Å². The fourth-order valence-corrected chi connectivity index (χ4v) is 3.14. The van der Waals surface area contributed by atoms with E-state index in [1.807, 2.05) is 23.1 Å². The van der Waals surface area contributed by atoms with Gasteiger partial charge >= 0.3 is 0 Å². The summed E-state index contributed by atoms with van der Waals surface area (Å²) in [5, 5.41) is 3.41. The molecule has 1 fully saturated rings. The van der Waals surface area contributed by atoms with Crippen molar-refractivity contribution in [3.8, 4) is 0 Å². The number of aromatic nitrogens is 1. The molecular weight excluding hydrogens is 305 g/mol. The fourth-order valence-electron chi connectivity index (χ4n) is 3.14. The lowest BCUT2D eigenvalue weighted by atomic mass is 10.1. The molecule has 1 amide bonds. The van der Waals surface area contributed by atoms with Gasteiger partial charge in [-0.15, -0.1) is 0 Å². The van der Waals surface area contributed by atoms with Gasteiger partial charge in [0, 0.05) is 37.9 Å². The van der Waals surface area contributed by atoms with Crippen molar-refractivity contribution in [2.45, 2.75) is 38.4 Å². The van der Waals surface area contributed by atoms with Gasteiger partial charge in [-0.3, -0.25) is 9.78 Å². The van der Waals surface area contributed by atoms with Crippen LogP contribution >= 0.6 is 0 Å². The molecule has 5 heteroatoms. The van der Waals surface area contributed by atoms with Crippen LogP contribution in [0.3, 0.4) is 0 Å². The molecule has 2 aromatic rings. The van der Waals surface area contributed by atoms with Crippen molar-refractivity contribution in [3.05, 3.63) is 65.7 Å². The zero-order chi connectivity index (χ0) is 16.8. The zero-order valence-electron chi connectivity index (χ0n) is 13.6. The van der Waals surface area contributed by atoms with Gasteiger partial charge in [0.15, 0.2) is 0 Å². The Bertz CT molecular complexity index is 677. The highest BCUT2D eigenvalue weighted by Gasteiger charge is 2.30. The van der Waals surface area contributed by atoms with Crippen molar-refractivity contribution >= 4 is 5.91 Å². The maximum Gasteiger partial charge on any atom is 0.223 e. The number of nitrogens with zero attached hydrogens (tertiary/aromatic N) is 2. The van der Waals surface area contributed by atoms with Gasteiger partial charge in [-0.1, -0.05) is 12.1 Å². The largest absolute Gasteiger partial charge is 0.335 e. The average molecular weight is 327 g/mol. The summed E-state index contributed by atoms with van der Waals surface area (Å²) < 4.78 is 13.3. The number of rotatable bonds is 7. The molecule has 2 heterocycles. The number of hydrogen-bond acceptors (Lipinski definition) is 3. The topological polar surface area (TPSA) is 45.2 Å². The third-order valence-electron chi connectivity index (χ3n) is 4.43. The van der Waals surface area contributed by atoms with Gasteiger partial charge in [0.1, 0.15) is 5.82 Å². The summed E-state index contributed by atoms with van der Waals surface area (Å²) in [6.45, 7) is 2.14. The van der Waals surface area contributed by atoms with Gasteiger partial charge < -0.3 is 10.2 Å². The van der Waals surface area contributed by atoms with Crippen molar-refractivity contribution in [2.75, 3.05) is 6.54 Å². The lowest BCUT2D eigenvalue weighted by Crippen LogP contribution is -2.34. The summed E-state index contributed by atoms with van der Waals surface area (Å²) in [6, 6.07) is 10.7. The summed E-state index contributed by atoms with van der Waals surface area (Å²) in [5.41, 5.74) is 2.05. The standard InChI is InChI=1S/C19H22FN3O/c20-17-3-1-2-16(12-17)14-23-18(4-5-19(23)24)8-11-22-13-15-6-9-21-10-7-15/h1-3,6-7,9-10,12,18,22H,4-5,8,11,13-14H2. The molecule has 1 aliphatic heterocycles. The summed E-state index contributed by atoms with van der Waals surface area (Å²) in [7, 11) is 0. The lowest BCUT2D eigenvalue weighted by Gasteiger charge is -2.25. The van der Waals surface area contributed by atoms with E-state index in [1.165, 1.54) is 17.7 Å². The minimum atomic E-state index is -0.255. The van der Waals surface area contributed by atoms with Crippen LogP contribution in [0.15, 0.2) is 48.8 Å². The van der Waals surface area contributed by atoms with E-state index in [0.29, 0.717) is 13.0 Å². The maximum atomic E-state index is 13.3. The monoisotopic (exact) mass is 327 g/mol. The van der Waals surface area contributed by atoms with Crippen LogP contribution in [0.5, 0.6) is 0 Å². The Hall–Kier alpha value is -2.27. The van der Waals surface area contributed by atoms with E-state index in [0.717, 1.165) is 31.5 Å². The second-order valence-corrected chi connectivity index (χ2v) is 6.16. The lowest BCUT2D eigenvalue weighted by molar-refractivity contribution is -0.129. The number of benzene rings is 1. The predicted molar refractivity (Wildman–Crippen MR) is 90.5 cm³/mol. The Morgan fingerprint density at radius 2 is 2.04 bits per heavy atom. The number of halogens is 1. The molecule has 0 radical (unpaired) electrons. The first-order valence-electron chi connectivity index (χ1n) is 8.36. The van der Waals surface area contributed by atoms with E-state index >= 15 is 0 Å². The average Bonchev–Trinajstić information content (AvgIpc) is 2.93. The molecule has 0 saturated carbocycles.